The van der Waals surface area contributed by atoms with Crippen molar-refractivity contribution >= 4 is 11.4 Å². The van der Waals surface area contributed by atoms with Crippen molar-refractivity contribution in [3.63, 3.8) is 0 Å². The minimum atomic E-state index is -0.463. The molecule has 0 fully saturated rings. The van der Waals surface area contributed by atoms with E-state index in [2.05, 4.69) is 10.3 Å². The quantitative estimate of drug-likeness (QED) is 0.659. The van der Waals surface area contributed by atoms with Crippen molar-refractivity contribution < 1.29 is 4.92 Å². The van der Waals surface area contributed by atoms with Crippen LogP contribution in [0.3, 0.4) is 0 Å². The number of nitrogens with one attached hydrogen (secondary N) is 1. The van der Waals surface area contributed by atoms with E-state index < -0.39 is 4.92 Å². The van der Waals surface area contributed by atoms with Gasteiger partial charge in [0.05, 0.1) is 17.8 Å². The Kier molecular flexibility index (Phi) is 3.56. The number of benzene rings is 1. The van der Waals surface area contributed by atoms with Crippen LogP contribution in [-0.2, 0) is 6.54 Å². The summed E-state index contributed by atoms with van der Waals surface area (Å²) < 4.78 is 1.39. The molecule has 0 aliphatic heterocycles. The zero-order valence-corrected chi connectivity index (χ0v) is 10.2. The van der Waals surface area contributed by atoms with Crippen LogP contribution in [0.15, 0.2) is 41.6 Å². The van der Waals surface area contributed by atoms with Crippen molar-refractivity contribution in [1.82, 2.24) is 9.55 Å². The summed E-state index contributed by atoms with van der Waals surface area (Å²) in [5, 5.41) is 13.7. The first-order valence-corrected chi connectivity index (χ1v) is 5.57. The SMILES string of the molecule is CNc1ccc([N+](=O)[O-])cc1Cn1cnccc1=O. The van der Waals surface area contributed by atoms with Gasteiger partial charge in [0.2, 0.25) is 0 Å². The van der Waals surface area contributed by atoms with Crippen molar-refractivity contribution in [1.29, 1.82) is 0 Å². The van der Waals surface area contributed by atoms with Crippen LogP contribution in [0.25, 0.3) is 0 Å². The fourth-order valence-electron chi connectivity index (χ4n) is 1.75. The van der Waals surface area contributed by atoms with Gasteiger partial charge < -0.3 is 5.32 Å². The Morgan fingerprint density at radius 3 is 2.84 bits per heavy atom. The van der Waals surface area contributed by atoms with Gasteiger partial charge in [0.1, 0.15) is 0 Å². The van der Waals surface area contributed by atoms with Gasteiger partial charge in [-0.15, -0.1) is 0 Å². The maximum absolute atomic E-state index is 11.6. The number of non-ortho nitro benzene ring substituents is 1. The highest BCUT2D eigenvalue weighted by molar-refractivity contribution is 5.55. The van der Waals surface area contributed by atoms with Gasteiger partial charge in [-0.25, -0.2) is 4.98 Å². The van der Waals surface area contributed by atoms with E-state index in [1.165, 1.54) is 35.3 Å². The molecule has 1 heterocycles. The van der Waals surface area contributed by atoms with E-state index in [9.17, 15) is 14.9 Å². The second-order valence-corrected chi connectivity index (χ2v) is 3.89. The van der Waals surface area contributed by atoms with Crippen LogP contribution in [0.5, 0.6) is 0 Å². The number of nitrogens with zero attached hydrogens (tertiary/aromatic N) is 3. The van der Waals surface area contributed by atoms with Gasteiger partial charge in [0.25, 0.3) is 11.2 Å². The van der Waals surface area contributed by atoms with Crippen LogP contribution in [0.1, 0.15) is 5.56 Å². The minimum Gasteiger partial charge on any atom is -0.388 e. The van der Waals surface area contributed by atoms with E-state index in [1.54, 1.807) is 13.1 Å². The fraction of sp³-hybridized carbons (Fsp3) is 0.167. The van der Waals surface area contributed by atoms with Gasteiger partial charge in [-0.3, -0.25) is 19.5 Å². The molecule has 0 spiro atoms. The van der Waals surface area contributed by atoms with Gasteiger partial charge in [0.15, 0.2) is 0 Å². The highest BCUT2D eigenvalue weighted by Crippen LogP contribution is 2.22. The molecule has 19 heavy (non-hydrogen) atoms. The van der Waals surface area contributed by atoms with E-state index in [1.807, 2.05) is 0 Å². The Balaban J connectivity index is 2.43. The van der Waals surface area contributed by atoms with Crippen molar-refractivity contribution in [2.24, 2.45) is 0 Å². The molecule has 0 saturated carbocycles. The maximum atomic E-state index is 11.6. The summed E-state index contributed by atoms with van der Waals surface area (Å²) in [5.74, 6) is 0. The van der Waals surface area contributed by atoms with Gasteiger partial charge in [0, 0.05) is 42.7 Å². The first-order valence-electron chi connectivity index (χ1n) is 5.57. The molecule has 1 N–H and O–H groups in total. The summed E-state index contributed by atoms with van der Waals surface area (Å²) in [6.45, 7) is 0.227. The van der Waals surface area contributed by atoms with Gasteiger partial charge in [-0.05, 0) is 6.07 Å². The second kappa shape index (κ2) is 5.30. The molecule has 1 aromatic heterocycles. The average molecular weight is 260 g/mol. The molecule has 0 radical (unpaired) electrons. The third-order valence-corrected chi connectivity index (χ3v) is 2.70. The lowest BCUT2D eigenvalue weighted by Gasteiger charge is -2.10. The summed E-state index contributed by atoms with van der Waals surface area (Å²) in [4.78, 5) is 25.8. The molecule has 7 heteroatoms. The number of rotatable bonds is 4. The molecule has 2 rings (SSSR count). The normalized spacial score (nSPS) is 10.2. The van der Waals surface area contributed by atoms with Gasteiger partial charge in [-0.2, -0.15) is 0 Å². The topological polar surface area (TPSA) is 90.1 Å². The zero-order chi connectivity index (χ0) is 13.8. The van der Waals surface area contributed by atoms with Crippen molar-refractivity contribution in [3.05, 3.63) is 62.8 Å². The van der Waals surface area contributed by atoms with Gasteiger partial charge in [-0.1, -0.05) is 0 Å². The third-order valence-electron chi connectivity index (χ3n) is 2.70. The first kappa shape index (κ1) is 12.7. The molecule has 0 bridgehead atoms. The maximum Gasteiger partial charge on any atom is 0.269 e. The highest BCUT2D eigenvalue weighted by Gasteiger charge is 2.11. The third kappa shape index (κ3) is 2.76. The zero-order valence-electron chi connectivity index (χ0n) is 10.2. The standard InChI is InChI=1S/C12H12N4O3/c1-13-11-3-2-10(16(18)19)6-9(11)7-15-8-14-5-4-12(15)17/h2-6,8,13H,7H2,1H3. The lowest BCUT2D eigenvalue weighted by molar-refractivity contribution is -0.384. The molecule has 7 nitrogen and oxygen atoms in total. The molecule has 0 saturated heterocycles. The number of nitro groups is 1. The molecule has 2 aromatic rings. The number of hydrogen-bond acceptors (Lipinski definition) is 5. The number of anilines is 1. The Morgan fingerprint density at radius 1 is 1.42 bits per heavy atom. The number of nitro benzene ring substituents is 1. The van der Waals surface area contributed by atoms with E-state index in [0.29, 0.717) is 5.56 Å². The predicted octanol–water partition coefficient (Wildman–Crippen LogP) is 1.24. The molecular formula is C12H12N4O3. The van der Waals surface area contributed by atoms with Crippen LogP contribution in [0.4, 0.5) is 11.4 Å². The van der Waals surface area contributed by atoms with Crippen molar-refractivity contribution in [2.45, 2.75) is 6.54 Å². The van der Waals surface area contributed by atoms with Crippen LogP contribution < -0.4 is 10.9 Å². The molecule has 0 unspecified atom stereocenters. The lowest BCUT2D eigenvalue weighted by Crippen LogP contribution is -2.19. The minimum absolute atomic E-state index is 0.00839. The first-order chi connectivity index (χ1) is 9.11. The van der Waals surface area contributed by atoms with E-state index >= 15 is 0 Å². The van der Waals surface area contributed by atoms with E-state index in [-0.39, 0.29) is 17.8 Å². The predicted molar refractivity (Wildman–Crippen MR) is 70.2 cm³/mol. The van der Waals surface area contributed by atoms with E-state index in [4.69, 9.17) is 0 Å². The summed E-state index contributed by atoms with van der Waals surface area (Å²) in [6.07, 6.45) is 2.81. The monoisotopic (exact) mass is 260 g/mol. The Labute approximate surface area is 108 Å². The summed E-state index contributed by atoms with van der Waals surface area (Å²) >= 11 is 0. The van der Waals surface area contributed by atoms with Crippen LogP contribution in [0.2, 0.25) is 0 Å². The molecular weight excluding hydrogens is 248 g/mol. The average Bonchev–Trinajstić information content (AvgIpc) is 2.41. The second-order valence-electron chi connectivity index (χ2n) is 3.89. The number of aromatic nitrogens is 2. The molecule has 98 valence electrons. The lowest BCUT2D eigenvalue weighted by atomic mass is 10.1. The van der Waals surface area contributed by atoms with Crippen LogP contribution >= 0.6 is 0 Å². The molecule has 0 atom stereocenters. The Hall–Kier alpha value is -2.70. The van der Waals surface area contributed by atoms with Crippen molar-refractivity contribution in [3.8, 4) is 0 Å². The van der Waals surface area contributed by atoms with Crippen LogP contribution in [-0.4, -0.2) is 21.5 Å². The van der Waals surface area contributed by atoms with Gasteiger partial charge >= 0.3 is 0 Å². The molecule has 0 aliphatic carbocycles. The highest BCUT2D eigenvalue weighted by atomic mass is 16.6. The summed E-state index contributed by atoms with van der Waals surface area (Å²) in [7, 11) is 1.72. The largest absolute Gasteiger partial charge is 0.388 e. The van der Waals surface area contributed by atoms with Crippen molar-refractivity contribution in [2.75, 3.05) is 12.4 Å². The van der Waals surface area contributed by atoms with E-state index in [0.717, 1.165) is 5.69 Å². The fourth-order valence-corrected chi connectivity index (χ4v) is 1.75. The summed E-state index contributed by atoms with van der Waals surface area (Å²) in [6, 6.07) is 5.83. The Morgan fingerprint density at radius 2 is 2.21 bits per heavy atom. The summed E-state index contributed by atoms with van der Waals surface area (Å²) in [5.41, 5.74) is 1.18. The molecule has 0 amide bonds. The molecule has 0 aliphatic rings. The smallest absolute Gasteiger partial charge is 0.269 e. The number of hydrogen-bond donors (Lipinski definition) is 1. The van der Waals surface area contributed by atoms with Crippen LogP contribution in [0, 0.1) is 10.1 Å². The Bertz CT molecular complexity index is 666. The molecule has 1 aromatic carbocycles.